The molecule has 2 bridgehead atoms. The summed E-state index contributed by atoms with van der Waals surface area (Å²) < 4.78 is 42.7. The fourth-order valence-corrected chi connectivity index (χ4v) is 8.69. The van der Waals surface area contributed by atoms with Crippen molar-refractivity contribution in [3.8, 4) is 0 Å². The van der Waals surface area contributed by atoms with Crippen molar-refractivity contribution in [3.63, 3.8) is 0 Å². The van der Waals surface area contributed by atoms with Crippen LogP contribution in [0.2, 0.25) is 0 Å². The van der Waals surface area contributed by atoms with Gasteiger partial charge < -0.3 is 53.4 Å². The third-order valence-corrected chi connectivity index (χ3v) is 12.7. The lowest BCUT2D eigenvalue weighted by Crippen LogP contribution is -2.50. The number of allylic oxidation sites excluding steroid dienone is 2. The fourth-order valence-electron chi connectivity index (χ4n) is 8.69. The van der Waals surface area contributed by atoms with E-state index in [-0.39, 0.29) is 36.6 Å². The smallest absolute Gasteiger partial charge is 0.331 e. The minimum atomic E-state index is -1.21. The number of nitrogens with zero attached hydrogens (tertiary/aromatic N) is 1. The molecular formula is C45H73NO13. The highest BCUT2D eigenvalue weighted by Gasteiger charge is 2.59. The molecule has 0 aliphatic carbocycles. The van der Waals surface area contributed by atoms with Gasteiger partial charge >= 0.3 is 5.97 Å². The Bertz CT molecular complexity index is 1440. The van der Waals surface area contributed by atoms with Crippen molar-refractivity contribution in [2.45, 2.75) is 147 Å². The molecule has 3 aliphatic rings. The normalized spacial score (nSPS) is 35.1. The molecule has 0 unspecified atom stereocenters. The number of Topliss-reactive ketones (excluding diaryl/α,β-unsaturated/α-hetero) is 1. The Labute approximate surface area is 351 Å². The highest BCUT2D eigenvalue weighted by molar-refractivity contribution is 5.82. The third kappa shape index (κ3) is 14.1. The minimum Gasteiger partial charge on any atom is -0.458 e. The van der Waals surface area contributed by atoms with E-state index < -0.39 is 84.3 Å². The van der Waals surface area contributed by atoms with Crippen LogP contribution in [0.15, 0.2) is 48.2 Å². The number of epoxide rings is 1. The molecule has 336 valence electrons. The number of aliphatic hydroxyl groups excluding tert-OH is 3. The van der Waals surface area contributed by atoms with E-state index in [2.05, 4.69) is 0 Å². The van der Waals surface area contributed by atoms with Crippen molar-refractivity contribution in [1.29, 1.82) is 0 Å². The van der Waals surface area contributed by atoms with Gasteiger partial charge in [-0.15, -0.1) is 0 Å². The number of fused-ring (bicyclic) bond motifs is 2. The highest BCUT2D eigenvalue weighted by atomic mass is 16.6. The van der Waals surface area contributed by atoms with E-state index in [9.17, 15) is 29.7 Å². The van der Waals surface area contributed by atoms with Crippen LogP contribution in [0.25, 0.3) is 0 Å². The number of hydrogen-bond donors (Lipinski definition) is 3. The molecule has 3 aliphatic heterocycles. The lowest BCUT2D eigenvalue weighted by atomic mass is 9.78. The number of esters is 1. The molecular weight excluding hydrogens is 762 g/mol. The van der Waals surface area contributed by atoms with Gasteiger partial charge in [0.25, 0.3) is 0 Å². The fraction of sp³-hybridized carbons (Fsp3) is 0.756. The number of rotatable bonds is 16. The molecule has 0 aromatic rings. The van der Waals surface area contributed by atoms with Crippen molar-refractivity contribution in [2.24, 2.45) is 29.6 Å². The van der Waals surface area contributed by atoms with Gasteiger partial charge in [-0.3, -0.25) is 9.59 Å². The van der Waals surface area contributed by atoms with E-state index in [1.54, 1.807) is 48.6 Å². The molecule has 1 fully saturated rings. The first-order valence-electron chi connectivity index (χ1n) is 21.0. The van der Waals surface area contributed by atoms with Crippen LogP contribution in [0.5, 0.6) is 0 Å². The van der Waals surface area contributed by atoms with Gasteiger partial charge in [-0.05, 0) is 25.7 Å². The van der Waals surface area contributed by atoms with Crippen LogP contribution in [-0.2, 0) is 47.5 Å². The van der Waals surface area contributed by atoms with Crippen LogP contribution in [0.4, 0.5) is 0 Å². The van der Waals surface area contributed by atoms with Crippen molar-refractivity contribution in [1.82, 2.24) is 4.90 Å². The second-order valence-corrected chi connectivity index (χ2v) is 17.0. The summed E-state index contributed by atoms with van der Waals surface area (Å²) in [6.45, 7) is 11.5. The Kier molecular flexibility index (Phi) is 20.6. The lowest BCUT2D eigenvalue weighted by molar-refractivity contribution is -0.159. The summed E-state index contributed by atoms with van der Waals surface area (Å²) in [5.74, 6) is -2.65. The van der Waals surface area contributed by atoms with Gasteiger partial charge in [-0.25, -0.2) is 4.79 Å². The summed E-state index contributed by atoms with van der Waals surface area (Å²) in [6, 6.07) is 0. The number of hydrogen-bond acceptors (Lipinski definition) is 13. The van der Waals surface area contributed by atoms with Crippen LogP contribution < -0.4 is 0 Å². The van der Waals surface area contributed by atoms with Crippen molar-refractivity contribution in [2.75, 3.05) is 42.1 Å². The van der Waals surface area contributed by atoms with Gasteiger partial charge in [0.15, 0.2) is 0 Å². The maximum atomic E-state index is 13.5. The van der Waals surface area contributed by atoms with E-state index >= 15 is 0 Å². The molecule has 3 N–H and O–H groups in total. The number of ether oxygens (including phenoxy) is 7. The molecule has 1 amide bonds. The molecule has 0 aromatic heterocycles. The Morgan fingerprint density at radius 3 is 2.29 bits per heavy atom. The summed E-state index contributed by atoms with van der Waals surface area (Å²) in [7, 11) is 8.03. The zero-order valence-corrected chi connectivity index (χ0v) is 37.1. The molecule has 14 heteroatoms. The number of cyclic esters (lactones) is 1. The van der Waals surface area contributed by atoms with E-state index in [0.29, 0.717) is 44.3 Å². The van der Waals surface area contributed by atoms with Crippen LogP contribution in [-0.4, -0.2) is 147 Å². The van der Waals surface area contributed by atoms with Crippen LogP contribution in [0.3, 0.4) is 0 Å². The van der Waals surface area contributed by atoms with Crippen LogP contribution >= 0.6 is 0 Å². The Morgan fingerprint density at radius 1 is 1.03 bits per heavy atom. The van der Waals surface area contributed by atoms with Gasteiger partial charge in [-0.2, -0.15) is 0 Å². The van der Waals surface area contributed by atoms with E-state index in [1.807, 2.05) is 52.8 Å². The van der Waals surface area contributed by atoms with Gasteiger partial charge in [0.2, 0.25) is 6.41 Å². The third-order valence-electron chi connectivity index (χ3n) is 12.7. The first kappa shape index (κ1) is 50.6. The summed E-state index contributed by atoms with van der Waals surface area (Å²) >= 11 is 0. The predicted molar refractivity (Wildman–Crippen MR) is 222 cm³/mol. The van der Waals surface area contributed by atoms with E-state index in [1.165, 1.54) is 23.1 Å². The summed E-state index contributed by atoms with van der Waals surface area (Å²) in [6.07, 6.45) is 8.00. The van der Waals surface area contributed by atoms with Crippen molar-refractivity contribution < 1.29 is 62.9 Å². The molecule has 1 saturated heterocycles. The monoisotopic (exact) mass is 836 g/mol. The maximum Gasteiger partial charge on any atom is 0.331 e. The highest BCUT2D eigenvalue weighted by Crippen LogP contribution is 2.43. The quantitative estimate of drug-likeness (QED) is 0.0865. The molecule has 0 radical (unpaired) electrons. The van der Waals surface area contributed by atoms with E-state index in [4.69, 9.17) is 33.2 Å². The summed E-state index contributed by atoms with van der Waals surface area (Å²) in [5, 5.41) is 33.6. The SMILES string of the molecule is CO[C@H]([C@H](C)/C=C/N(C)C=O)[C@@H](C)C(=O)CC[C@H](C)[C@H](O)[C@H](C)[C@H]1OC(=O)C=C/C(C)=C\[C@H](O)[C@H](O)C[C@@H]2C=CC[C@@H](C[C@H](OC)[C@@]3(CO3)[C@@H](OC)C[C@@H](OC)[C@@H]1C)O2. The zero-order valence-electron chi connectivity index (χ0n) is 37.1. The topological polar surface area (TPSA) is 183 Å². The van der Waals surface area contributed by atoms with Gasteiger partial charge in [0, 0.05) is 97.1 Å². The van der Waals surface area contributed by atoms with Gasteiger partial charge in [0.05, 0.1) is 61.5 Å². The van der Waals surface area contributed by atoms with Crippen LogP contribution in [0.1, 0.15) is 80.1 Å². The molecule has 0 saturated carbocycles. The summed E-state index contributed by atoms with van der Waals surface area (Å²) in [5.41, 5.74) is -0.255. The number of methoxy groups -OCH3 is 4. The molecule has 59 heavy (non-hydrogen) atoms. The average molecular weight is 836 g/mol. The number of ketones is 1. The zero-order chi connectivity index (χ0) is 44.0. The first-order chi connectivity index (χ1) is 28.0. The van der Waals surface area contributed by atoms with Crippen LogP contribution in [0, 0.1) is 29.6 Å². The molecule has 3 rings (SSSR count). The number of amides is 1. The minimum absolute atomic E-state index is 0.0111. The lowest BCUT2D eigenvalue weighted by Gasteiger charge is -2.39. The number of aliphatic hydroxyl groups is 3. The number of carbonyl (C=O) groups is 3. The van der Waals surface area contributed by atoms with E-state index in [0.717, 1.165) is 0 Å². The van der Waals surface area contributed by atoms with Crippen molar-refractivity contribution in [3.05, 3.63) is 48.2 Å². The Balaban J connectivity index is 1.89. The summed E-state index contributed by atoms with van der Waals surface area (Å²) in [4.78, 5) is 39.4. The molecule has 3 heterocycles. The first-order valence-corrected chi connectivity index (χ1v) is 21.0. The standard InChI is InChI=1S/C45H73NO13/c1-27-15-18-41(51)59-44(32(6)42(52)28(2)16-17-35(48)30(4)43(56-11)29(3)19-20-46(7)26-47)31(5)38(53-8)24-40(55-10)45(25-57-45)39(54-9)23-34-14-12-13-33(58-34)22-37(50)36(49)21-27/h12-13,15,18-21,26,28-34,36-40,42-44,49-50,52H,14,16-17,22-25H2,1-11H3/b18-15?,20-19+,27-21-/t28-,29+,30-,31-,32-,33-,34-,36-,37+,38+,39-,40-,42-,43+,44-,45-/m0/s1. The van der Waals surface area contributed by atoms with Crippen molar-refractivity contribution >= 4 is 18.2 Å². The molecule has 14 nitrogen and oxygen atoms in total. The van der Waals surface area contributed by atoms with Gasteiger partial charge in [0.1, 0.15) is 17.5 Å². The second kappa shape index (κ2) is 24.0. The molecule has 1 spiro atoms. The maximum absolute atomic E-state index is 13.5. The Hall–Kier alpha value is -2.79. The van der Waals surface area contributed by atoms with Gasteiger partial charge in [-0.1, -0.05) is 70.6 Å². The largest absolute Gasteiger partial charge is 0.458 e. The average Bonchev–Trinajstić information content (AvgIpc) is 4.03. The number of carbonyl (C=O) groups excluding carboxylic acids is 3. The molecule has 16 atom stereocenters. The second-order valence-electron chi connectivity index (χ2n) is 17.0. The Morgan fingerprint density at radius 2 is 1.69 bits per heavy atom. The predicted octanol–water partition coefficient (Wildman–Crippen LogP) is 4.34. The molecule has 0 aromatic carbocycles.